The molecule has 3 nitrogen and oxygen atoms in total. The summed E-state index contributed by atoms with van der Waals surface area (Å²) in [7, 11) is 0. The second-order valence-corrected chi connectivity index (χ2v) is 4.62. The summed E-state index contributed by atoms with van der Waals surface area (Å²) in [5.41, 5.74) is 8.25. The van der Waals surface area contributed by atoms with E-state index >= 15 is 0 Å². The molecule has 0 amide bonds. The SMILES string of the molecule is CCN1CCC(CN)C1c1ccc(C)cn1. The lowest BCUT2D eigenvalue weighted by Crippen LogP contribution is -2.28. The van der Waals surface area contributed by atoms with Crippen LogP contribution in [0.5, 0.6) is 0 Å². The highest BCUT2D eigenvalue weighted by Crippen LogP contribution is 2.35. The predicted octanol–water partition coefficient (Wildman–Crippen LogP) is 1.73. The van der Waals surface area contributed by atoms with Crippen LogP contribution in [0.3, 0.4) is 0 Å². The second-order valence-electron chi connectivity index (χ2n) is 4.62. The maximum atomic E-state index is 5.85. The highest BCUT2D eigenvalue weighted by atomic mass is 15.2. The Morgan fingerprint density at radius 2 is 2.31 bits per heavy atom. The van der Waals surface area contributed by atoms with Gasteiger partial charge in [-0.05, 0) is 50.5 Å². The maximum Gasteiger partial charge on any atom is 0.0578 e. The molecular weight excluding hydrogens is 198 g/mol. The standard InChI is InChI=1S/C13H21N3/c1-3-16-7-6-11(8-14)13(16)12-5-4-10(2)9-15-12/h4-5,9,11,13H,3,6-8,14H2,1-2H3. The Balaban J connectivity index is 2.24. The highest BCUT2D eigenvalue weighted by Gasteiger charge is 2.34. The fraction of sp³-hybridized carbons (Fsp3) is 0.615. The number of likely N-dealkylation sites (tertiary alicyclic amines) is 1. The van der Waals surface area contributed by atoms with Gasteiger partial charge in [-0.15, -0.1) is 0 Å². The molecule has 1 aliphatic heterocycles. The van der Waals surface area contributed by atoms with E-state index in [1.54, 1.807) is 0 Å². The normalized spacial score (nSPS) is 26.2. The zero-order chi connectivity index (χ0) is 11.5. The zero-order valence-electron chi connectivity index (χ0n) is 10.2. The molecule has 16 heavy (non-hydrogen) atoms. The van der Waals surface area contributed by atoms with E-state index in [4.69, 9.17) is 5.73 Å². The largest absolute Gasteiger partial charge is 0.330 e. The lowest BCUT2D eigenvalue weighted by atomic mass is 9.97. The van der Waals surface area contributed by atoms with Gasteiger partial charge in [0.2, 0.25) is 0 Å². The zero-order valence-corrected chi connectivity index (χ0v) is 10.2. The number of hydrogen-bond donors (Lipinski definition) is 1. The number of pyridine rings is 1. The van der Waals surface area contributed by atoms with Crippen LogP contribution in [0.15, 0.2) is 18.3 Å². The van der Waals surface area contributed by atoms with Crippen LogP contribution in [0, 0.1) is 12.8 Å². The number of nitrogens with zero attached hydrogens (tertiary/aromatic N) is 2. The summed E-state index contributed by atoms with van der Waals surface area (Å²) in [6.07, 6.45) is 3.15. The van der Waals surface area contributed by atoms with Crippen molar-refractivity contribution in [2.24, 2.45) is 11.7 Å². The van der Waals surface area contributed by atoms with Crippen LogP contribution >= 0.6 is 0 Å². The van der Waals surface area contributed by atoms with Gasteiger partial charge >= 0.3 is 0 Å². The van der Waals surface area contributed by atoms with Crippen molar-refractivity contribution in [1.29, 1.82) is 0 Å². The third-order valence-electron chi connectivity index (χ3n) is 3.57. The number of nitrogens with two attached hydrogens (primary N) is 1. The molecule has 0 aliphatic carbocycles. The van der Waals surface area contributed by atoms with Crippen molar-refractivity contribution in [3.8, 4) is 0 Å². The monoisotopic (exact) mass is 219 g/mol. The van der Waals surface area contributed by atoms with Gasteiger partial charge in [-0.2, -0.15) is 0 Å². The molecule has 2 heterocycles. The van der Waals surface area contributed by atoms with Crippen LogP contribution in [0.1, 0.15) is 30.6 Å². The molecule has 1 aromatic heterocycles. The van der Waals surface area contributed by atoms with E-state index in [0.29, 0.717) is 12.0 Å². The van der Waals surface area contributed by atoms with E-state index < -0.39 is 0 Å². The van der Waals surface area contributed by atoms with Crippen molar-refractivity contribution < 1.29 is 0 Å². The molecule has 1 aromatic rings. The molecule has 2 unspecified atom stereocenters. The molecule has 88 valence electrons. The summed E-state index contributed by atoms with van der Waals surface area (Å²) >= 11 is 0. The third-order valence-corrected chi connectivity index (χ3v) is 3.57. The Bertz CT molecular complexity index is 322. The Labute approximate surface area is 97.7 Å². The number of aromatic nitrogens is 1. The van der Waals surface area contributed by atoms with Crippen LogP contribution < -0.4 is 5.73 Å². The molecule has 3 heteroatoms. The number of rotatable bonds is 3. The molecule has 1 aliphatic rings. The second kappa shape index (κ2) is 4.93. The van der Waals surface area contributed by atoms with Gasteiger partial charge in [0.15, 0.2) is 0 Å². The third kappa shape index (κ3) is 2.11. The van der Waals surface area contributed by atoms with Gasteiger partial charge in [-0.3, -0.25) is 9.88 Å². The maximum absolute atomic E-state index is 5.85. The molecule has 2 N–H and O–H groups in total. The van der Waals surface area contributed by atoms with Gasteiger partial charge in [0, 0.05) is 6.20 Å². The number of hydrogen-bond acceptors (Lipinski definition) is 3. The van der Waals surface area contributed by atoms with Crippen LogP contribution in [0.2, 0.25) is 0 Å². The Morgan fingerprint density at radius 1 is 1.50 bits per heavy atom. The van der Waals surface area contributed by atoms with E-state index in [1.165, 1.54) is 17.7 Å². The van der Waals surface area contributed by atoms with Crippen LogP contribution in [0.4, 0.5) is 0 Å². The van der Waals surface area contributed by atoms with Crippen LogP contribution in [-0.4, -0.2) is 29.5 Å². The minimum absolute atomic E-state index is 0.426. The molecule has 0 radical (unpaired) electrons. The average Bonchev–Trinajstić information content (AvgIpc) is 2.73. The molecule has 0 aromatic carbocycles. The molecule has 1 fully saturated rings. The summed E-state index contributed by atoms with van der Waals surface area (Å²) in [6, 6.07) is 4.72. The van der Waals surface area contributed by atoms with Gasteiger partial charge < -0.3 is 5.73 Å². The first-order valence-electron chi connectivity index (χ1n) is 6.13. The van der Waals surface area contributed by atoms with Crippen molar-refractivity contribution in [1.82, 2.24) is 9.88 Å². The average molecular weight is 219 g/mol. The minimum atomic E-state index is 0.426. The number of aryl methyl sites for hydroxylation is 1. The summed E-state index contributed by atoms with van der Waals surface area (Å²) in [4.78, 5) is 7.04. The summed E-state index contributed by atoms with van der Waals surface area (Å²) < 4.78 is 0. The van der Waals surface area contributed by atoms with Crippen LogP contribution in [-0.2, 0) is 0 Å². The lowest BCUT2D eigenvalue weighted by molar-refractivity contribution is 0.237. The van der Waals surface area contributed by atoms with Crippen molar-refractivity contribution >= 4 is 0 Å². The summed E-state index contributed by atoms with van der Waals surface area (Å²) in [6.45, 7) is 7.27. The first kappa shape index (κ1) is 11.6. The van der Waals surface area contributed by atoms with Crippen molar-refractivity contribution in [2.45, 2.75) is 26.3 Å². The molecule has 2 atom stereocenters. The van der Waals surface area contributed by atoms with Crippen molar-refractivity contribution in [2.75, 3.05) is 19.6 Å². The van der Waals surface area contributed by atoms with Gasteiger partial charge in [0.25, 0.3) is 0 Å². The van der Waals surface area contributed by atoms with Gasteiger partial charge in [-0.1, -0.05) is 13.0 Å². The van der Waals surface area contributed by atoms with Gasteiger partial charge in [0.05, 0.1) is 11.7 Å². The molecule has 0 saturated carbocycles. The fourth-order valence-electron chi connectivity index (χ4n) is 2.61. The first-order chi connectivity index (χ1) is 7.76. The highest BCUT2D eigenvalue weighted by molar-refractivity contribution is 5.17. The Hall–Kier alpha value is -0.930. The van der Waals surface area contributed by atoms with E-state index in [2.05, 4.69) is 35.9 Å². The minimum Gasteiger partial charge on any atom is -0.330 e. The smallest absolute Gasteiger partial charge is 0.0578 e. The van der Waals surface area contributed by atoms with Gasteiger partial charge in [-0.25, -0.2) is 0 Å². The summed E-state index contributed by atoms with van der Waals surface area (Å²) in [5, 5.41) is 0. The molecule has 1 saturated heterocycles. The predicted molar refractivity (Wildman–Crippen MR) is 66.1 cm³/mol. The molecule has 0 bridgehead atoms. The van der Waals surface area contributed by atoms with E-state index in [-0.39, 0.29) is 0 Å². The van der Waals surface area contributed by atoms with Crippen LogP contribution in [0.25, 0.3) is 0 Å². The molecule has 2 rings (SSSR count). The quantitative estimate of drug-likeness (QED) is 0.842. The molecule has 0 spiro atoms. The van der Waals surface area contributed by atoms with E-state index in [9.17, 15) is 0 Å². The summed E-state index contributed by atoms with van der Waals surface area (Å²) in [5.74, 6) is 0.565. The van der Waals surface area contributed by atoms with Crippen molar-refractivity contribution in [3.63, 3.8) is 0 Å². The van der Waals surface area contributed by atoms with E-state index in [1.807, 2.05) is 6.20 Å². The Morgan fingerprint density at radius 3 is 2.88 bits per heavy atom. The molecular formula is C13H21N3. The fourth-order valence-corrected chi connectivity index (χ4v) is 2.61. The topological polar surface area (TPSA) is 42.1 Å². The Kier molecular flexibility index (Phi) is 3.56. The van der Waals surface area contributed by atoms with Gasteiger partial charge in [0.1, 0.15) is 0 Å². The van der Waals surface area contributed by atoms with E-state index in [0.717, 1.165) is 19.6 Å². The lowest BCUT2D eigenvalue weighted by Gasteiger charge is -2.26. The van der Waals surface area contributed by atoms with Crippen molar-refractivity contribution in [3.05, 3.63) is 29.6 Å². The first-order valence-corrected chi connectivity index (χ1v) is 6.13.